The van der Waals surface area contributed by atoms with Crippen LogP contribution in [0.25, 0.3) is 0 Å². The maximum atomic E-state index is 12.4. The zero-order valence-electron chi connectivity index (χ0n) is 13.9. The molecule has 1 amide bonds. The number of pyridine rings is 1. The van der Waals surface area contributed by atoms with Gasteiger partial charge in [-0.05, 0) is 37.3 Å². The normalized spacial score (nSPS) is 12.4. The summed E-state index contributed by atoms with van der Waals surface area (Å²) in [6.07, 6.45) is -3.25. The summed E-state index contributed by atoms with van der Waals surface area (Å²) in [7, 11) is 1.42. The molecule has 26 heavy (non-hydrogen) atoms. The van der Waals surface area contributed by atoms with E-state index in [0.717, 1.165) is 0 Å². The lowest BCUT2D eigenvalue weighted by molar-refractivity contribution is -0.153. The number of hydrogen-bond acceptors (Lipinski definition) is 4. The van der Waals surface area contributed by atoms with Crippen LogP contribution in [0.4, 0.5) is 13.2 Å². The first-order chi connectivity index (χ1) is 12.2. The Morgan fingerprint density at radius 1 is 1.31 bits per heavy atom. The van der Waals surface area contributed by atoms with Crippen molar-refractivity contribution < 1.29 is 27.4 Å². The predicted molar refractivity (Wildman–Crippen MR) is 89.7 cm³/mol. The zero-order valence-corrected chi connectivity index (χ0v) is 14.7. The highest BCUT2D eigenvalue weighted by Gasteiger charge is 2.28. The van der Waals surface area contributed by atoms with Gasteiger partial charge >= 0.3 is 6.18 Å². The first-order valence-electron chi connectivity index (χ1n) is 7.49. The minimum Gasteiger partial charge on any atom is -0.496 e. The van der Waals surface area contributed by atoms with E-state index >= 15 is 0 Å². The van der Waals surface area contributed by atoms with Crippen LogP contribution in [0.2, 0.25) is 5.02 Å². The van der Waals surface area contributed by atoms with Crippen molar-refractivity contribution in [3.05, 3.63) is 52.8 Å². The SMILES string of the molecule is COc1cc(Cl)ccc1C(=O)NC(C)c1ccc(OCC(F)(F)F)cn1. The van der Waals surface area contributed by atoms with Gasteiger partial charge in [-0.3, -0.25) is 9.78 Å². The number of halogens is 4. The molecular formula is C17H16ClF3N2O3. The monoisotopic (exact) mass is 388 g/mol. The lowest BCUT2D eigenvalue weighted by atomic mass is 10.1. The first kappa shape index (κ1) is 19.8. The molecule has 0 bridgehead atoms. The molecular weight excluding hydrogens is 373 g/mol. The van der Waals surface area contributed by atoms with Crippen LogP contribution in [-0.4, -0.2) is 30.8 Å². The van der Waals surface area contributed by atoms with Gasteiger partial charge in [0.2, 0.25) is 0 Å². The van der Waals surface area contributed by atoms with Gasteiger partial charge < -0.3 is 14.8 Å². The predicted octanol–water partition coefficient (Wildman–Crippen LogP) is 4.18. The Morgan fingerprint density at radius 2 is 2.04 bits per heavy atom. The summed E-state index contributed by atoms with van der Waals surface area (Å²) in [6, 6.07) is 6.97. The smallest absolute Gasteiger partial charge is 0.422 e. The van der Waals surface area contributed by atoms with Crippen molar-refractivity contribution in [2.24, 2.45) is 0 Å². The number of rotatable bonds is 6. The molecule has 1 heterocycles. The van der Waals surface area contributed by atoms with Crippen LogP contribution in [0, 0.1) is 0 Å². The molecule has 140 valence electrons. The molecule has 0 aliphatic rings. The second-order valence-corrected chi connectivity index (χ2v) is 5.80. The van der Waals surface area contributed by atoms with Gasteiger partial charge in [-0.2, -0.15) is 13.2 Å². The van der Waals surface area contributed by atoms with Crippen LogP contribution in [0.1, 0.15) is 29.0 Å². The van der Waals surface area contributed by atoms with Crippen LogP contribution in [0.5, 0.6) is 11.5 Å². The molecule has 0 fully saturated rings. The average molecular weight is 389 g/mol. The summed E-state index contributed by atoms with van der Waals surface area (Å²) in [5, 5.41) is 3.17. The van der Waals surface area contributed by atoms with Gasteiger partial charge in [0, 0.05) is 5.02 Å². The molecule has 0 radical (unpaired) electrons. The Bertz CT molecular complexity index is 767. The molecule has 1 N–H and O–H groups in total. The number of nitrogens with one attached hydrogen (secondary N) is 1. The summed E-state index contributed by atoms with van der Waals surface area (Å²) >= 11 is 5.87. The molecule has 0 aliphatic carbocycles. The van der Waals surface area contributed by atoms with E-state index in [1.54, 1.807) is 13.0 Å². The molecule has 1 aromatic carbocycles. The van der Waals surface area contributed by atoms with Gasteiger partial charge in [0.15, 0.2) is 6.61 Å². The molecule has 5 nitrogen and oxygen atoms in total. The van der Waals surface area contributed by atoms with E-state index in [9.17, 15) is 18.0 Å². The number of methoxy groups -OCH3 is 1. The molecule has 1 atom stereocenters. The quantitative estimate of drug-likeness (QED) is 0.806. The van der Waals surface area contributed by atoms with Gasteiger partial charge in [-0.25, -0.2) is 0 Å². The number of ether oxygens (including phenoxy) is 2. The van der Waals surface area contributed by atoms with Crippen LogP contribution >= 0.6 is 11.6 Å². The molecule has 2 aromatic rings. The summed E-state index contributed by atoms with van der Waals surface area (Å²) in [5.41, 5.74) is 0.763. The number of carbonyl (C=O) groups is 1. The Kier molecular flexibility index (Phi) is 6.31. The standard InChI is InChI=1S/C17H16ClF3N2O3/c1-10(14-6-4-12(8-22-14)26-9-17(19,20)21)23-16(24)13-5-3-11(18)7-15(13)25-2/h3-8,10H,9H2,1-2H3,(H,23,24). The maximum Gasteiger partial charge on any atom is 0.422 e. The van der Waals surface area contributed by atoms with Gasteiger partial charge in [-0.15, -0.1) is 0 Å². The lowest BCUT2D eigenvalue weighted by Gasteiger charge is -2.16. The Labute approximate surface area is 153 Å². The highest BCUT2D eigenvalue weighted by atomic mass is 35.5. The number of hydrogen-bond donors (Lipinski definition) is 1. The fourth-order valence-electron chi connectivity index (χ4n) is 2.10. The summed E-state index contributed by atoms with van der Waals surface area (Å²) in [6.45, 7) is 0.301. The molecule has 1 aromatic heterocycles. The van der Waals surface area contributed by atoms with Gasteiger partial charge in [0.05, 0.1) is 30.6 Å². The van der Waals surface area contributed by atoms with Crippen LogP contribution in [0.15, 0.2) is 36.5 Å². The highest BCUT2D eigenvalue weighted by molar-refractivity contribution is 6.30. The summed E-state index contributed by atoms with van der Waals surface area (Å²) in [5.74, 6) is -0.0831. The van der Waals surface area contributed by atoms with E-state index in [4.69, 9.17) is 16.3 Å². The van der Waals surface area contributed by atoms with Crippen molar-refractivity contribution in [1.29, 1.82) is 0 Å². The van der Waals surface area contributed by atoms with Gasteiger partial charge in [-0.1, -0.05) is 11.6 Å². The number of benzene rings is 1. The number of amides is 1. The van der Waals surface area contributed by atoms with E-state index in [1.807, 2.05) is 0 Å². The third-order valence-electron chi connectivity index (χ3n) is 3.36. The molecule has 0 spiro atoms. The van der Waals surface area contributed by atoms with E-state index in [1.165, 1.54) is 37.6 Å². The average Bonchev–Trinajstić information content (AvgIpc) is 2.59. The first-order valence-corrected chi connectivity index (χ1v) is 7.87. The van der Waals surface area contributed by atoms with Crippen LogP contribution in [-0.2, 0) is 0 Å². The largest absolute Gasteiger partial charge is 0.496 e. The second-order valence-electron chi connectivity index (χ2n) is 5.36. The maximum absolute atomic E-state index is 12.4. The van der Waals surface area contributed by atoms with Gasteiger partial charge in [0.1, 0.15) is 11.5 Å². The number of carbonyl (C=O) groups excluding carboxylic acids is 1. The Morgan fingerprint density at radius 3 is 2.62 bits per heavy atom. The fourth-order valence-corrected chi connectivity index (χ4v) is 2.26. The van der Waals surface area contributed by atoms with Crippen molar-refractivity contribution in [3.8, 4) is 11.5 Å². The Hall–Kier alpha value is -2.48. The van der Waals surface area contributed by atoms with Crippen LogP contribution in [0.3, 0.4) is 0 Å². The molecule has 0 aliphatic heterocycles. The van der Waals surface area contributed by atoms with Crippen molar-refractivity contribution in [2.45, 2.75) is 19.1 Å². The molecule has 0 saturated heterocycles. The molecule has 1 unspecified atom stereocenters. The third-order valence-corrected chi connectivity index (χ3v) is 3.60. The lowest BCUT2D eigenvalue weighted by Crippen LogP contribution is -2.27. The minimum absolute atomic E-state index is 0.0102. The van der Waals surface area contributed by atoms with E-state index < -0.39 is 24.7 Å². The number of alkyl halides is 3. The van der Waals surface area contributed by atoms with E-state index in [-0.39, 0.29) is 5.75 Å². The van der Waals surface area contributed by atoms with Crippen molar-refractivity contribution in [3.63, 3.8) is 0 Å². The van der Waals surface area contributed by atoms with Gasteiger partial charge in [0.25, 0.3) is 5.91 Å². The molecule has 0 saturated carbocycles. The van der Waals surface area contributed by atoms with E-state index in [0.29, 0.717) is 22.0 Å². The Balaban J connectivity index is 2.03. The van der Waals surface area contributed by atoms with Crippen molar-refractivity contribution in [1.82, 2.24) is 10.3 Å². The minimum atomic E-state index is -4.42. The number of aromatic nitrogens is 1. The van der Waals surface area contributed by atoms with Crippen LogP contribution < -0.4 is 14.8 Å². The van der Waals surface area contributed by atoms with E-state index in [2.05, 4.69) is 15.0 Å². The third kappa shape index (κ3) is 5.52. The molecule has 9 heteroatoms. The number of nitrogens with zero attached hydrogens (tertiary/aromatic N) is 1. The molecule has 2 rings (SSSR count). The van der Waals surface area contributed by atoms with Crippen molar-refractivity contribution in [2.75, 3.05) is 13.7 Å². The topological polar surface area (TPSA) is 60.5 Å². The summed E-state index contributed by atoms with van der Waals surface area (Å²) < 4.78 is 46.1. The highest BCUT2D eigenvalue weighted by Crippen LogP contribution is 2.24. The summed E-state index contributed by atoms with van der Waals surface area (Å²) in [4.78, 5) is 16.4. The fraction of sp³-hybridized carbons (Fsp3) is 0.294. The second kappa shape index (κ2) is 8.27. The zero-order chi connectivity index (χ0) is 19.3. The van der Waals surface area contributed by atoms with Crippen molar-refractivity contribution >= 4 is 17.5 Å².